The number of imidazole rings is 1. The zero-order chi connectivity index (χ0) is 24.7. The molecule has 0 spiro atoms. The van der Waals surface area contributed by atoms with Gasteiger partial charge in [-0.25, -0.2) is 4.98 Å². The third-order valence-corrected chi connectivity index (χ3v) is 6.32. The highest BCUT2D eigenvalue weighted by Crippen LogP contribution is 2.32. The van der Waals surface area contributed by atoms with Crippen LogP contribution >= 0.6 is 11.6 Å². The van der Waals surface area contributed by atoms with Gasteiger partial charge in [0.25, 0.3) is 5.91 Å². The van der Waals surface area contributed by atoms with Crippen LogP contribution in [0.3, 0.4) is 0 Å². The fraction of sp³-hybridized carbons (Fsp3) is 0.222. The fourth-order valence-corrected chi connectivity index (χ4v) is 4.52. The minimum absolute atomic E-state index is 0.0324. The summed E-state index contributed by atoms with van der Waals surface area (Å²) in [4.78, 5) is 35.6. The van der Waals surface area contributed by atoms with E-state index in [1.165, 1.54) is 0 Å². The molecule has 2 amide bonds. The Hall–Kier alpha value is -3.84. The summed E-state index contributed by atoms with van der Waals surface area (Å²) in [6.07, 6.45) is 0.363. The van der Waals surface area contributed by atoms with Crippen LogP contribution in [0.15, 0.2) is 60.7 Å². The lowest BCUT2D eigenvalue weighted by Crippen LogP contribution is -2.51. The Balaban J connectivity index is 1.35. The lowest BCUT2D eigenvalue weighted by Gasteiger charge is -2.32. The molecule has 1 aliphatic heterocycles. The molecule has 0 saturated heterocycles. The van der Waals surface area contributed by atoms with Crippen molar-refractivity contribution in [2.75, 3.05) is 11.9 Å². The highest BCUT2D eigenvalue weighted by atomic mass is 35.5. The summed E-state index contributed by atoms with van der Waals surface area (Å²) in [7, 11) is 1.72. The summed E-state index contributed by atoms with van der Waals surface area (Å²) < 4.78 is 5.63. The lowest BCUT2D eigenvalue weighted by molar-refractivity contribution is -0.120. The van der Waals surface area contributed by atoms with E-state index in [1.807, 2.05) is 56.3 Å². The number of halogens is 1. The van der Waals surface area contributed by atoms with Gasteiger partial charge in [-0.1, -0.05) is 35.9 Å². The van der Waals surface area contributed by atoms with E-state index in [2.05, 4.69) is 15.3 Å². The maximum atomic E-state index is 13.1. The molecule has 0 bridgehead atoms. The van der Waals surface area contributed by atoms with E-state index in [0.717, 1.165) is 33.7 Å². The maximum absolute atomic E-state index is 13.1. The number of H-pyrrole nitrogens is 1. The molecule has 0 radical (unpaired) electrons. The van der Waals surface area contributed by atoms with Crippen molar-refractivity contribution < 1.29 is 14.3 Å². The van der Waals surface area contributed by atoms with E-state index in [0.29, 0.717) is 22.8 Å². The van der Waals surface area contributed by atoms with Crippen LogP contribution in [-0.4, -0.2) is 41.0 Å². The highest BCUT2D eigenvalue weighted by Gasteiger charge is 2.32. The van der Waals surface area contributed by atoms with Crippen LogP contribution in [-0.2, 0) is 11.2 Å². The van der Waals surface area contributed by atoms with Gasteiger partial charge in [0.15, 0.2) is 0 Å². The number of benzene rings is 3. The second-order valence-corrected chi connectivity index (χ2v) is 9.29. The molecule has 4 aromatic rings. The van der Waals surface area contributed by atoms with Gasteiger partial charge in [0, 0.05) is 30.3 Å². The number of fused-ring (bicyclic) bond motifs is 2. The Morgan fingerprint density at radius 2 is 1.97 bits per heavy atom. The summed E-state index contributed by atoms with van der Waals surface area (Å²) in [5.41, 5.74) is 4.87. The van der Waals surface area contributed by atoms with Crippen molar-refractivity contribution in [1.29, 1.82) is 0 Å². The normalized spacial score (nSPS) is 15.4. The van der Waals surface area contributed by atoms with Gasteiger partial charge in [-0.15, -0.1) is 0 Å². The first-order chi connectivity index (χ1) is 16.8. The number of likely N-dealkylation sites (N-methyl/N-ethyl adjacent to an activating group) is 1. The minimum Gasteiger partial charge on any atom is -0.489 e. The molecular formula is C27H25ClN4O3. The molecule has 5 rings (SSSR count). The molecular weight excluding hydrogens is 464 g/mol. The van der Waals surface area contributed by atoms with Crippen LogP contribution in [0, 0.1) is 0 Å². The predicted octanol–water partition coefficient (Wildman–Crippen LogP) is 4.99. The molecule has 0 fully saturated rings. The topological polar surface area (TPSA) is 87.3 Å². The fourth-order valence-electron chi connectivity index (χ4n) is 4.29. The molecule has 0 saturated carbocycles. The first-order valence-electron chi connectivity index (χ1n) is 11.4. The van der Waals surface area contributed by atoms with Gasteiger partial charge in [-0.3, -0.25) is 9.59 Å². The van der Waals surface area contributed by atoms with Gasteiger partial charge in [0.05, 0.1) is 22.2 Å². The third-order valence-electron chi connectivity index (χ3n) is 6.02. The molecule has 2 heterocycles. The predicted molar refractivity (Wildman–Crippen MR) is 137 cm³/mol. The molecule has 1 unspecified atom stereocenters. The molecule has 35 heavy (non-hydrogen) atoms. The zero-order valence-electron chi connectivity index (χ0n) is 19.6. The monoisotopic (exact) mass is 488 g/mol. The third kappa shape index (κ3) is 4.47. The number of para-hydroxylation sites is 2. The van der Waals surface area contributed by atoms with Crippen LogP contribution in [0.5, 0.6) is 5.75 Å². The van der Waals surface area contributed by atoms with E-state index in [-0.39, 0.29) is 17.9 Å². The summed E-state index contributed by atoms with van der Waals surface area (Å²) in [6.45, 7) is 3.80. The smallest absolute Gasteiger partial charge is 0.251 e. The number of amides is 2. The van der Waals surface area contributed by atoms with Gasteiger partial charge < -0.3 is 19.9 Å². The summed E-state index contributed by atoms with van der Waals surface area (Å²) in [5.74, 6) is 0.712. The Labute approximate surface area is 208 Å². The van der Waals surface area contributed by atoms with Crippen molar-refractivity contribution >= 4 is 40.1 Å². The Morgan fingerprint density at radius 3 is 2.71 bits per heavy atom. The molecule has 7 nitrogen and oxygen atoms in total. The first kappa shape index (κ1) is 22.9. The molecule has 2 N–H and O–H groups in total. The number of carbonyl (C=O) groups is 2. The number of aromatic nitrogens is 2. The van der Waals surface area contributed by atoms with Crippen molar-refractivity contribution in [2.24, 2.45) is 0 Å². The van der Waals surface area contributed by atoms with E-state index in [9.17, 15) is 9.59 Å². The molecule has 3 aromatic carbocycles. The Bertz CT molecular complexity index is 1410. The van der Waals surface area contributed by atoms with Crippen LogP contribution in [0.25, 0.3) is 22.4 Å². The molecule has 0 aliphatic carbocycles. The SMILES string of the molecule is CC(C)Oc1ccc(C(=O)NC2Cc3ccc(-c4nc5ccccc5[nH]4)cc3N(C)C2=O)cc1Cl. The average Bonchev–Trinajstić information content (AvgIpc) is 3.27. The first-order valence-corrected chi connectivity index (χ1v) is 11.8. The summed E-state index contributed by atoms with van der Waals surface area (Å²) in [5, 5.41) is 3.21. The van der Waals surface area contributed by atoms with Crippen molar-refractivity contribution in [3.63, 3.8) is 0 Å². The Kier molecular flexibility index (Phi) is 5.94. The van der Waals surface area contributed by atoms with Crippen LogP contribution < -0.4 is 15.0 Å². The molecule has 1 atom stereocenters. The van der Waals surface area contributed by atoms with E-state index in [4.69, 9.17) is 16.3 Å². The zero-order valence-corrected chi connectivity index (χ0v) is 20.4. The van der Waals surface area contributed by atoms with Crippen molar-refractivity contribution in [1.82, 2.24) is 15.3 Å². The van der Waals surface area contributed by atoms with Crippen molar-refractivity contribution in [3.05, 3.63) is 76.8 Å². The summed E-state index contributed by atoms with van der Waals surface area (Å²) in [6, 6.07) is 17.9. The number of hydrogen-bond donors (Lipinski definition) is 2. The number of ether oxygens (including phenoxy) is 1. The number of nitrogens with zero attached hydrogens (tertiary/aromatic N) is 2. The number of aromatic amines is 1. The molecule has 1 aromatic heterocycles. The minimum atomic E-state index is -0.678. The number of rotatable bonds is 5. The van der Waals surface area contributed by atoms with E-state index in [1.54, 1.807) is 30.1 Å². The van der Waals surface area contributed by atoms with Gasteiger partial charge >= 0.3 is 0 Å². The van der Waals surface area contributed by atoms with E-state index >= 15 is 0 Å². The second kappa shape index (κ2) is 9.07. The average molecular weight is 489 g/mol. The number of nitrogens with one attached hydrogen (secondary N) is 2. The standard InChI is InChI=1S/C27H25ClN4O3/c1-15(2)35-24-11-10-18(12-19(24)28)26(33)31-22-13-16-8-9-17(14-23(16)32(3)27(22)34)25-29-20-6-4-5-7-21(20)30-25/h4-12,14-15,22H,13H2,1-3H3,(H,29,30)(H,31,33). The van der Waals surface area contributed by atoms with Crippen molar-refractivity contribution in [2.45, 2.75) is 32.4 Å². The molecule has 178 valence electrons. The van der Waals surface area contributed by atoms with Crippen LogP contribution in [0.1, 0.15) is 29.8 Å². The summed E-state index contributed by atoms with van der Waals surface area (Å²) >= 11 is 6.28. The largest absolute Gasteiger partial charge is 0.489 e. The number of carbonyl (C=O) groups excluding carboxylic acids is 2. The van der Waals surface area contributed by atoms with Gasteiger partial charge in [-0.05, 0) is 55.8 Å². The van der Waals surface area contributed by atoms with Gasteiger partial charge in [0.1, 0.15) is 17.6 Å². The Morgan fingerprint density at radius 1 is 1.17 bits per heavy atom. The lowest BCUT2D eigenvalue weighted by atomic mass is 9.95. The molecule has 1 aliphatic rings. The number of anilines is 1. The highest BCUT2D eigenvalue weighted by molar-refractivity contribution is 6.32. The van der Waals surface area contributed by atoms with Crippen LogP contribution in [0.4, 0.5) is 5.69 Å². The molecule has 8 heteroatoms. The quantitative estimate of drug-likeness (QED) is 0.414. The van der Waals surface area contributed by atoms with E-state index < -0.39 is 6.04 Å². The van der Waals surface area contributed by atoms with Crippen LogP contribution in [0.2, 0.25) is 5.02 Å². The van der Waals surface area contributed by atoms with Crippen molar-refractivity contribution in [3.8, 4) is 17.1 Å². The number of hydrogen-bond acceptors (Lipinski definition) is 4. The second-order valence-electron chi connectivity index (χ2n) is 8.89. The van der Waals surface area contributed by atoms with Gasteiger partial charge in [-0.2, -0.15) is 0 Å². The maximum Gasteiger partial charge on any atom is 0.251 e. The van der Waals surface area contributed by atoms with Gasteiger partial charge in [0.2, 0.25) is 5.91 Å².